The fourth-order valence-electron chi connectivity index (χ4n) is 3.67. The van der Waals surface area contributed by atoms with Gasteiger partial charge in [-0.05, 0) is 37.0 Å². The van der Waals surface area contributed by atoms with E-state index in [0.29, 0.717) is 0 Å². The zero-order valence-electron chi connectivity index (χ0n) is 16.8. The van der Waals surface area contributed by atoms with Gasteiger partial charge in [-0.2, -0.15) is 18.3 Å². The van der Waals surface area contributed by atoms with Crippen molar-refractivity contribution in [2.24, 2.45) is 11.1 Å². The number of aliphatic hydroxyl groups is 1. The molecule has 162 valence electrons. The van der Waals surface area contributed by atoms with Gasteiger partial charge in [-0.15, -0.1) is 0 Å². The number of anilines is 1. The number of rotatable bonds is 5. The number of aromatic nitrogens is 2. The van der Waals surface area contributed by atoms with E-state index in [1.807, 2.05) is 13.8 Å². The Hall–Kier alpha value is -2.88. The first-order valence-electron chi connectivity index (χ1n) is 9.38. The summed E-state index contributed by atoms with van der Waals surface area (Å²) in [6.45, 7) is 5.05. The summed E-state index contributed by atoms with van der Waals surface area (Å²) in [5.41, 5.74) is 4.04. The van der Waals surface area contributed by atoms with Gasteiger partial charge in [0.25, 0.3) is 5.91 Å². The van der Waals surface area contributed by atoms with Crippen LogP contribution in [0.15, 0.2) is 18.2 Å². The molecule has 1 aromatic carbocycles. The first-order chi connectivity index (χ1) is 13.8. The van der Waals surface area contributed by atoms with Gasteiger partial charge >= 0.3 is 6.18 Å². The molecular weight excluding hydrogens is 401 g/mol. The highest BCUT2D eigenvalue weighted by Crippen LogP contribution is 2.42. The van der Waals surface area contributed by atoms with Gasteiger partial charge in [0.1, 0.15) is 0 Å². The largest absolute Gasteiger partial charge is 0.435 e. The number of carbonyl (C=O) groups is 2. The molecule has 3 rings (SSSR count). The number of nitrogens with zero attached hydrogens (tertiary/aromatic N) is 2. The molecule has 0 spiro atoms. The number of nitrogens with one attached hydrogen (secondary N) is 1. The molecule has 10 heteroatoms. The molecule has 1 atom stereocenters. The van der Waals surface area contributed by atoms with Crippen LogP contribution in [0.2, 0.25) is 0 Å². The number of alkyl halides is 3. The number of halogens is 3. The number of Topliss-reactive ketones (excluding diaryl/α,β-unsaturated/α-hetero) is 1. The van der Waals surface area contributed by atoms with Crippen LogP contribution in [0.3, 0.4) is 0 Å². The summed E-state index contributed by atoms with van der Waals surface area (Å²) in [5, 5.41) is 15.9. The molecule has 1 aliphatic rings. The molecule has 7 nitrogen and oxygen atoms in total. The Kier molecular flexibility index (Phi) is 5.40. The number of carbonyl (C=O) groups excluding carboxylic acids is 2. The lowest BCUT2D eigenvalue weighted by molar-refractivity contribution is -0.141. The van der Waals surface area contributed by atoms with Crippen LogP contribution in [0, 0.1) is 5.41 Å². The molecule has 0 bridgehead atoms. The Morgan fingerprint density at radius 2 is 2.03 bits per heavy atom. The minimum Gasteiger partial charge on any atom is -0.394 e. The van der Waals surface area contributed by atoms with Crippen molar-refractivity contribution in [2.45, 2.75) is 45.8 Å². The smallest absolute Gasteiger partial charge is 0.394 e. The average Bonchev–Trinajstić information content (AvgIpc) is 3.00. The highest BCUT2D eigenvalue weighted by molar-refractivity contribution is 6.00. The van der Waals surface area contributed by atoms with Crippen LogP contribution in [-0.4, -0.2) is 39.2 Å². The monoisotopic (exact) mass is 424 g/mol. The van der Waals surface area contributed by atoms with Gasteiger partial charge < -0.3 is 16.2 Å². The fraction of sp³-hybridized carbons (Fsp3) is 0.450. The van der Waals surface area contributed by atoms with Crippen LogP contribution < -0.4 is 11.1 Å². The number of hydrogen-bond donors (Lipinski definition) is 3. The van der Waals surface area contributed by atoms with Crippen molar-refractivity contribution in [3.63, 3.8) is 0 Å². The van der Waals surface area contributed by atoms with Crippen molar-refractivity contribution in [1.82, 2.24) is 9.78 Å². The van der Waals surface area contributed by atoms with Crippen LogP contribution in [0.1, 0.15) is 59.3 Å². The summed E-state index contributed by atoms with van der Waals surface area (Å²) in [5.74, 6) is -1.33. The van der Waals surface area contributed by atoms with Crippen molar-refractivity contribution >= 4 is 17.4 Å². The normalized spacial score (nSPS) is 16.8. The van der Waals surface area contributed by atoms with Crippen molar-refractivity contribution < 1.29 is 27.9 Å². The minimum absolute atomic E-state index is 0.00376. The molecule has 0 radical (unpaired) electrons. The van der Waals surface area contributed by atoms with Crippen LogP contribution in [0.4, 0.5) is 18.9 Å². The standard InChI is InChI=1S/C20H23F3N4O3/c1-10(9-28)25-13-6-11(4-5-12(13)18(24)30)27-14-7-19(2,3)8-15(29)16(14)17(26-27)20(21,22)23/h4-6,10,25,28H,7-9H2,1-3H3,(H2,24,30)/t10-/m1/s1. The van der Waals surface area contributed by atoms with Gasteiger partial charge in [-0.3, -0.25) is 9.59 Å². The lowest BCUT2D eigenvalue weighted by atomic mass is 9.75. The highest BCUT2D eigenvalue weighted by Gasteiger charge is 2.45. The second-order valence-corrected chi connectivity index (χ2v) is 8.34. The van der Waals surface area contributed by atoms with Crippen LogP contribution in [0.25, 0.3) is 5.69 Å². The number of nitrogens with two attached hydrogens (primary N) is 1. The third-order valence-electron chi connectivity index (χ3n) is 5.00. The zero-order valence-corrected chi connectivity index (χ0v) is 16.8. The van der Waals surface area contributed by atoms with E-state index in [1.165, 1.54) is 18.2 Å². The van der Waals surface area contributed by atoms with Gasteiger partial charge in [0.15, 0.2) is 11.5 Å². The summed E-state index contributed by atoms with van der Waals surface area (Å²) in [7, 11) is 0. The first-order valence-corrected chi connectivity index (χ1v) is 9.38. The number of benzene rings is 1. The van der Waals surface area contributed by atoms with Crippen LogP contribution in [0.5, 0.6) is 0 Å². The minimum atomic E-state index is -4.79. The molecule has 30 heavy (non-hydrogen) atoms. The quantitative estimate of drug-likeness (QED) is 0.684. The van der Waals surface area contributed by atoms with Crippen LogP contribution >= 0.6 is 0 Å². The summed E-state index contributed by atoms with van der Waals surface area (Å²) >= 11 is 0. The molecule has 1 aliphatic carbocycles. The van der Waals surface area contributed by atoms with Crippen LogP contribution in [-0.2, 0) is 12.6 Å². The molecule has 0 saturated heterocycles. The third kappa shape index (κ3) is 4.04. The van der Waals surface area contributed by atoms with E-state index >= 15 is 0 Å². The number of primary amides is 1. The molecule has 1 heterocycles. The summed E-state index contributed by atoms with van der Waals surface area (Å²) in [4.78, 5) is 24.3. The molecule has 0 aliphatic heterocycles. The molecule has 1 amide bonds. The molecule has 2 aromatic rings. The first kappa shape index (κ1) is 21.8. The number of aliphatic hydroxyl groups excluding tert-OH is 1. The number of fused-ring (bicyclic) bond motifs is 1. The lowest BCUT2D eigenvalue weighted by Gasteiger charge is -2.29. The molecule has 0 saturated carbocycles. The number of amides is 1. The van der Waals surface area contributed by atoms with Crippen molar-refractivity contribution in [3.05, 3.63) is 40.7 Å². The van der Waals surface area contributed by atoms with Crippen molar-refractivity contribution in [2.75, 3.05) is 11.9 Å². The fourth-order valence-corrected chi connectivity index (χ4v) is 3.67. The zero-order chi connectivity index (χ0) is 22.4. The molecular formula is C20H23F3N4O3. The molecule has 0 fully saturated rings. The van der Waals surface area contributed by atoms with Gasteiger partial charge in [0.2, 0.25) is 0 Å². The summed E-state index contributed by atoms with van der Waals surface area (Å²) in [6.07, 6.45) is -4.56. The summed E-state index contributed by atoms with van der Waals surface area (Å²) < 4.78 is 41.9. The second-order valence-electron chi connectivity index (χ2n) is 8.34. The predicted molar refractivity (Wildman–Crippen MR) is 104 cm³/mol. The van der Waals surface area contributed by atoms with E-state index in [-0.39, 0.29) is 42.1 Å². The number of ketones is 1. The second kappa shape index (κ2) is 7.42. The average molecular weight is 424 g/mol. The molecule has 0 unspecified atom stereocenters. The van der Waals surface area contributed by atoms with Gasteiger partial charge in [0, 0.05) is 18.2 Å². The Morgan fingerprint density at radius 1 is 1.37 bits per heavy atom. The maximum Gasteiger partial charge on any atom is 0.435 e. The van der Waals surface area contributed by atoms with E-state index < -0.39 is 40.6 Å². The van der Waals surface area contributed by atoms with Gasteiger partial charge in [0.05, 0.1) is 29.1 Å². The Morgan fingerprint density at radius 3 is 2.60 bits per heavy atom. The SMILES string of the molecule is C[C@H](CO)Nc1cc(-n2nc(C(F)(F)F)c3c2CC(C)(C)CC3=O)ccc1C(N)=O. The maximum atomic E-state index is 13.6. The third-order valence-corrected chi connectivity index (χ3v) is 5.00. The van der Waals surface area contributed by atoms with Crippen molar-refractivity contribution in [1.29, 1.82) is 0 Å². The molecule has 1 aromatic heterocycles. The Balaban J connectivity index is 2.22. The predicted octanol–water partition coefficient (Wildman–Crippen LogP) is 2.94. The highest BCUT2D eigenvalue weighted by atomic mass is 19.4. The topological polar surface area (TPSA) is 110 Å². The van der Waals surface area contributed by atoms with Gasteiger partial charge in [-0.25, -0.2) is 4.68 Å². The maximum absolute atomic E-state index is 13.6. The number of hydrogen-bond acceptors (Lipinski definition) is 5. The lowest BCUT2D eigenvalue weighted by Crippen LogP contribution is -2.29. The van der Waals surface area contributed by atoms with E-state index in [0.717, 1.165) is 4.68 Å². The summed E-state index contributed by atoms with van der Waals surface area (Å²) in [6, 6.07) is 3.80. The van der Waals surface area contributed by atoms with E-state index in [9.17, 15) is 27.9 Å². The van der Waals surface area contributed by atoms with E-state index in [1.54, 1.807) is 6.92 Å². The van der Waals surface area contributed by atoms with E-state index in [4.69, 9.17) is 5.73 Å². The van der Waals surface area contributed by atoms with Crippen molar-refractivity contribution in [3.8, 4) is 5.69 Å². The Labute approximate surface area is 171 Å². The van der Waals surface area contributed by atoms with Gasteiger partial charge in [-0.1, -0.05) is 13.8 Å². The Bertz CT molecular complexity index is 1010. The molecule has 4 N–H and O–H groups in total. The van der Waals surface area contributed by atoms with E-state index in [2.05, 4.69) is 10.4 Å².